The molecule has 0 heterocycles. The van der Waals surface area contributed by atoms with Gasteiger partial charge in [-0.05, 0) is 24.5 Å². The molecule has 2 aromatic carbocycles. The Morgan fingerprint density at radius 3 is 2.19 bits per heavy atom. The van der Waals surface area contributed by atoms with Gasteiger partial charge in [0.25, 0.3) is 0 Å². The van der Waals surface area contributed by atoms with E-state index in [-0.39, 0.29) is 5.91 Å². The van der Waals surface area contributed by atoms with E-state index in [2.05, 4.69) is 5.32 Å². The first kappa shape index (κ1) is 15.6. The van der Waals surface area contributed by atoms with Crippen LogP contribution in [0, 0.1) is 0 Å². The summed E-state index contributed by atoms with van der Waals surface area (Å²) in [6, 6.07) is 19.8. The van der Waals surface area contributed by atoms with Crippen molar-refractivity contribution in [2.75, 3.05) is 5.88 Å². The number of carbonyl (C=O) groups is 1. The lowest BCUT2D eigenvalue weighted by Gasteiger charge is -2.29. The average Bonchev–Trinajstić information content (AvgIpc) is 2.54. The standard InChI is InChI=1S/C18H20ClNO/c1-18(14-19,16-10-6-3-7-11-16)20-17(21)13-12-15-8-4-2-5-9-15/h2-11H,12-14H2,1H3,(H,20,21). The van der Waals surface area contributed by atoms with Crippen LogP contribution in [0.2, 0.25) is 0 Å². The molecule has 2 nitrogen and oxygen atoms in total. The number of hydrogen-bond donors (Lipinski definition) is 1. The zero-order valence-corrected chi connectivity index (χ0v) is 12.9. The molecule has 0 saturated carbocycles. The largest absolute Gasteiger partial charge is 0.346 e. The molecule has 0 radical (unpaired) electrons. The highest BCUT2D eigenvalue weighted by molar-refractivity contribution is 6.18. The van der Waals surface area contributed by atoms with Crippen molar-refractivity contribution >= 4 is 17.5 Å². The number of amides is 1. The molecule has 2 aromatic rings. The normalized spacial score (nSPS) is 13.4. The molecule has 0 aromatic heterocycles. The molecule has 0 aliphatic heterocycles. The fraction of sp³-hybridized carbons (Fsp3) is 0.278. The highest BCUT2D eigenvalue weighted by Gasteiger charge is 2.27. The summed E-state index contributed by atoms with van der Waals surface area (Å²) in [5.41, 5.74) is 1.66. The molecule has 3 heteroatoms. The summed E-state index contributed by atoms with van der Waals surface area (Å²) < 4.78 is 0. The van der Waals surface area contributed by atoms with Crippen LogP contribution >= 0.6 is 11.6 Å². The van der Waals surface area contributed by atoms with Crippen molar-refractivity contribution in [3.05, 3.63) is 71.8 Å². The van der Waals surface area contributed by atoms with Gasteiger partial charge in [0.05, 0.1) is 5.54 Å². The molecule has 1 N–H and O–H groups in total. The lowest BCUT2D eigenvalue weighted by molar-refractivity contribution is -0.122. The Balaban J connectivity index is 1.97. The van der Waals surface area contributed by atoms with Crippen LogP contribution in [0.25, 0.3) is 0 Å². The van der Waals surface area contributed by atoms with Crippen LogP contribution in [0.3, 0.4) is 0 Å². The Morgan fingerprint density at radius 2 is 1.62 bits per heavy atom. The van der Waals surface area contributed by atoms with E-state index in [0.717, 1.165) is 12.0 Å². The van der Waals surface area contributed by atoms with Crippen molar-refractivity contribution in [2.24, 2.45) is 0 Å². The minimum Gasteiger partial charge on any atom is -0.346 e. The van der Waals surface area contributed by atoms with E-state index in [9.17, 15) is 4.79 Å². The van der Waals surface area contributed by atoms with Gasteiger partial charge in [-0.1, -0.05) is 60.7 Å². The van der Waals surface area contributed by atoms with E-state index >= 15 is 0 Å². The van der Waals surface area contributed by atoms with Crippen molar-refractivity contribution in [3.8, 4) is 0 Å². The second kappa shape index (κ2) is 7.28. The quantitative estimate of drug-likeness (QED) is 0.806. The SMILES string of the molecule is CC(CCl)(NC(=O)CCc1ccccc1)c1ccccc1. The van der Waals surface area contributed by atoms with Gasteiger partial charge in [0.15, 0.2) is 0 Å². The van der Waals surface area contributed by atoms with Crippen LogP contribution in [0.5, 0.6) is 0 Å². The predicted molar refractivity (Wildman–Crippen MR) is 87.4 cm³/mol. The molecule has 1 unspecified atom stereocenters. The van der Waals surface area contributed by atoms with Crippen molar-refractivity contribution < 1.29 is 4.79 Å². The van der Waals surface area contributed by atoms with Gasteiger partial charge in [0.2, 0.25) is 5.91 Å². The van der Waals surface area contributed by atoms with Crippen molar-refractivity contribution in [3.63, 3.8) is 0 Å². The average molecular weight is 302 g/mol. The Morgan fingerprint density at radius 1 is 1.05 bits per heavy atom. The summed E-state index contributed by atoms with van der Waals surface area (Å²) in [4.78, 5) is 12.2. The lowest BCUT2D eigenvalue weighted by Crippen LogP contribution is -2.45. The van der Waals surface area contributed by atoms with Crippen LogP contribution in [-0.2, 0) is 16.8 Å². The molecular formula is C18H20ClNO. The molecule has 0 aliphatic rings. The lowest BCUT2D eigenvalue weighted by atomic mass is 9.93. The highest BCUT2D eigenvalue weighted by atomic mass is 35.5. The van der Waals surface area contributed by atoms with Gasteiger partial charge in [-0.3, -0.25) is 4.79 Å². The van der Waals surface area contributed by atoms with Gasteiger partial charge in [-0.2, -0.15) is 0 Å². The summed E-state index contributed by atoms with van der Waals surface area (Å²) in [5.74, 6) is 0.361. The molecule has 1 amide bonds. The number of nitrogens with one attached hydrogen (secondary N) is 1. The molecular weight excluding hydrogens is 282 g/mol. The number of hydrogen-bond acceptors (Lipinski definition) is 1. The third kappa shape index (κ3) is 4.33. The van der Waals surface area contributed by atoms with Crippen LogP contribution < -0.4 is 5.32 Å². The molecule has 2 rings (SSSR count). The maximum absolute atomic E-state index is 12.2. The van der Waals surface area contributed by atoms with Gasteiger partial charge in [0, 0.05) is 12.3 Å². The number of alkyl halides is 1. The first-order chi connectivity index (χ1) is 10.1. The van der Waals surface area contributed by atoms with Gasteiger partial charge in [-0.15, -0.1) is 11.6 Å². The van der Waals surface area contributed by atoms with Gasteiger partial charge >= 0.3 is 0 Å². The van der Waals surface area contributed by atoms with E-state index in [4.69, 9.17) is 11.6 Å². The van der Waals surface area contributed by atoms with E-state index in [1.165, 1.54) is 5.56 Å². The van der Waals surface area contributed by atoms with Crippen LogP contribution in [0.15, 0.2) is 60.7 Å². The summed E-state index contributed by atoms with van der Waals surface area (Å²) in [5, 5.41) is 3.06. The number of aryl methyl sites for hydroxylation is 1. The van der Waals surface area contributed by atoms with Gasteiger partial charge in [0.1, 0.15) is 0 Å². The topological polar surface area (TPSA) is 29.1 Å². The van der Waals surface area contributed by atoms with E-state index < -0.39 is 5.54 Å². The zero-order chi connectivity index (χ0) is 15.1. The summed E-state index contributed by atoms with van der Waals surface area (Å²) in [7, 11) is 0. The smallest absolute Gasteiger partial charge is 0.221 e. The summed E-state index contributed by atoms with van der Waals surface area (Å²) in [6.07, 6.45) is 1.20. The Kier molecular flexibility index (Phi) is 5.40. The van der Waals surface area contributed by atoms with Crippen molar-refractivity contribution in [1.82, 2.24) is 5.32 Å². The van der Waals surface area contributed by atoms with E-state index in [1.807, 2.05) is 67.6 Å². The maximum atomic E-state index is 12.2. The third-order valence-electron chi connectivity index (χ3n) is 3.58. The predicted octanol–water partition coefficient (Wildman–Crippen LogP) is 3.89. The Hall–Kier alpha value is -1.80. The van der Waals surface area contributed by atoms with E-state index in [1.54, 1.807) is 0 Å². The monoisotopic (exact) mass is 301 g/mol. The zero-order valence-electron chi connectivity index (χ0n) is 12.2. The number of carbonyl (C=O) groups excluding carboxylic acids is 1. The highest BCUT2D eigenvalue weighted by Crippen LogP contribution is 2.22. The molecule has 0 aliphatic carbocycles. The maximum Gasteiger partial charge on any atom is 0.221 e. The van der Waals surface area contributed by atoms with Crippen molar-refractivity contribution in [1.29, 1.82) is 0 Å². The van der Waals surface area contributed by atoms with Crippen LogP contribution in [0.1, 0.15) is 24.5 Å². The fourth-order valence-corrected chi connectivity index (χ4v) is 2.48. The summed E-state index contributed by atoms with van der Waals surface area (Å²) >= 11 is 6.09. The molecule has 110 valence electrons. The van der Waals surface area contributed by atoms with Crippen molar-refractivity contribution in [2.45, 2.75) is 25.3 Å². The minimum absolute atomic E-state index is 0.0193. The minimum atomic E-state index is -0.531. The number of benzene rings is 2. The van der Waals surface area contributed by atoms with Crippen LogP contribution in [0.4, 0.5) is 0 Å². The Labute approximate surface area is 131 Å². The third-order valence-corrected chi connectivity index (χ3v) is 4.11. The first-order valence-electron chi connectivity index (χ1n) is 7.10. The molecule has 0 spiro atoms. The number of halogens is 1. The van der Waals surface area contributed by atoms with E-state index in [0.29, 0.717) is 12.3 Å². The van der Waals surface area contributed by atoms with Crippen LogP contribution in [-0.4, -0.2) is 11.8 Å². The molecule has 0 fully saturated rings. The summed E-state index contributed by atoms with van der Waals surface area (Å²) in [6.45, 7) is 1.95. The molecule has 0 bridgehead atoms. The molecule has 0 saturated heterocycles. The Bertz CT molecular complexity index is 570. The van der Waals surface area contributed by atoms with Gasteiger partial charge < -0.3 is 5.32 Å². The number of rotatable bonds is 6. The molecule has 1 atom stereocenters. The molecule has 21 heavy (non-hydrogen) atoms. The second-order valence-electron chi connectivity index (χ2n) is 5.37. The second-order valence-corrected chi connectivity index (χ2v) is 5.63. The van der Waals surface area contributed by atoms with Gasteiger partial charge in [-0.25, -0.2) is 0 Å². The fourth-order valence-electron chi connectivity index (χ4n) is 2.26. The first-order valence-corrected chi connectivity index (χ1v) is 7.64.